The molecule has 1 aromatic heterocycles. The molecule has 0 amide bonds. The van der Waals surface area contributed by atoms with Gasteiger partial charge in [-0.05, 0) is 23.1 Å². The Morgan fingerprint density at radius 1 is 1.10 bits per heavy atom. The van der Waals surface area contributed by atoms with Crippen molar-refractivity contribution in [2.75, 3.05) is 18.2 Å². The van der Waals surface area contributed by atoms with Gasteiger partial charge in [0.1, 0.15) is 0 Å². The monoisotopic (exact) mass is 271 g/mol. The molecule has 0 saturated carbocycles. The molecule has 0 aliphatic heterocycles. The fraction of sp³-hybridized carbons (Fsp3) is 0.312. The van der Waals surface area contributed by atoms with Crippen molar-refractivity contribution in [2.24, 2.45) is 0 Å². The molecule has 1 heterocycles. The highest BCUT2D eigenvalue weighted by Crippen LogP contribution is 2.32. The molecule has 0 spiro atoms. The maximum atomic E-state index is 5.97. The van der Waals surface area contributed by atoms with Crippen LogP contribution in [0.25, 0.3) is 0 Å². The number of hydrogen-bond acceptors (Lipinski definition) is 4. The summed E-state index contributed by atoms with van der Waals surface area (Å²) in [4.78, 5) is 4.35. The van der Waals surface area contributed by atoms with E-state index in [1.54, 1.807) is 19.2 Å². The van der Waals surface area contributed by atoms with E-state index in [1.165, 1.54) is 5.56 Å². The topological polar surface area (TPSA) is 60.2 Å². The number of para-hydroxylation sites is 1. The maximum Gasteiger partial charge on any atom is 0.215 e. The Morgan fingerprint density at radius 2 is 1.80 bits per heavy atom. The lowest BCUT2D eigenvalue weighted by Crippen LogP contribution is -2.14. The second kappa shape index (κ2) is 5.41. The van der Waals surface area contributed by atoms with E-state index in [1.807, 2.05) is 18.2 Å². The predicted molar refractivity (Wildman–Crippen MR) is 83.6 cm³/mol. The number of nitrogens with two attached hydrogens (primary N) is 1. The van der Waals surface area contributed by atoms with E-state index >= 15 is 0 Å². The van der Waals surface area contributed by atoms with Gasteiger partial charge in [0.05, 0.1) is 12.8 Å². The van der Waals surface area contributed by atoms with Crippen LogP contribution in [0.5, 0.6) is 5.88 Å². The first-order valence-corrected chi connectivity index (χ1v) is 6.59. The number of nitrogen functional groups attached to an aromatic ring is 1. The summed E-state index contributed by atoms with van der Waals surface area (Å²) in [5, 5.41) is 3.31. The summed E-state index contributed by atoms with van der Waals surface area (Å²) < 4.78 is 5.14. The van der Waals surface area contributed by atoms with Gasteiger partial charge in [0.25, 0.3) is 0 Å². The van der Waals surface area contributed by atoms with Crippen molar-refractivity contribution in [1.82, 2.24) is 4.98 Å². The molecule has 20 heavy (non-hydrogen) atoms. The van der Waals surface area contributed by atoms with Crippen LogP contribution in [0.4, 0.5) is 17.2 Å². The Kier molecular flexibility index (Phi) is 3.84. The third-order valence-corrected chi connectivity index (χ3v) is 3.10. The lowest BCUT2D eigenvalue weighted by atomic mass is 9.86. The van der Waals surface area contributed by atoms with Crippen molar-refractivity contribution in [3.63, 3.8) is 0 Å². The highest BCUT2D eigenvalue weighted by atomic mass is 16.5. The number of nitrogens with zero attached hydrogens (tertiary/aromatic N) is 1. The van der Waals surface area contributed by atoms with E-state index in [0.29, 0.717) is 17.4 Å². The van der Waals surface area contributed by atoms with Gasteiger partial charge in [0.2, 0.25) is 5.88 Å². The molecule has 2 aromatic rings. The Hall–Kier alpha value is -2.23. The molecule has 0 atom stereocenters. The number of anilines is 3. The maximum absolute atomic E-state index is 5.97. The molecule has 0 saturated heterocycles. The number of benzene rings is 1. The summed E-state index contributed by atoms with van der Waals surface area (Å²) in [6.07, 6.45) is 0. The minimum Gasteiger partial charge on any atom is -0.481 e. The third kappa shape index (κ3) is 3.02. The number of aromatic nitrogens is 1. The number of methoxy groups -OCH3 is 1. The van der Waals surface area contributed by atoms with E-state index < -0.39 is 0 Å². The highest BCUT2D eigenvalue weighted by molar-refractivity contribution is 5.71. The van der Waals surface area contributed by atoms with Crippen LogP contribution in [0, 0.1) is 0 Å². The van der Waals surface area contributed by atoms with Gasteiger partial charge < -0.3 is 15.8 Å². The Labute approximate surface area is 120 Å². The van der Waals surface area contributed by atoms with Crippen molar-refractivity contribution < 1.29 is 4.74 Å². The van der Waals surface area contributed by atoms with Crippen LogP contribution in [0.1, 0.15) is 26.3 Å². The number of nitrogens with one attached hydrogen (secondary N) is 1. The lowest BCUT2D eigenvalue weighted by Gasteiger charge is -2.23. The van der Waals surface area contributed by atoms with Crippen molar-refractivity contribution in [2.45, 2.75) is 26.2 Å². The van der Waals surface area contributed by atoms with E-state index in [0.717, 1.165) is 5.69 Å². The average Bonchev–Trinajstić information content (AvgIpc) is 2.41. The molecule has 0 radical (unpaired) electrons. The zero-order chi connectivity index (χ0) is 14.8. The standard InChI is InChI=1S/C16H21N3O/c1-16(2,3)11-7-5-6-8-13(11)18-15-12(17)9-10-14(19-15)20-4/h5-10H,17H2,1-4H3,(H,18,19). The third-order valence-electron chi connectivity index (χ3n) is 3.10. The van der Waals surface area contributed by atoms with Crippen LogP contribution in [0.3, 0.4) is 0 Å². The second-order valence-electron chi connectivity index (χ2n) is 5.71. The summed E-state index contributed by atoms with van der Waals surface area (Å²) in [7, 11) is 1.59. The van der Waals surface area contributed by atoms with Gasteiger partial charge in [-0.25, -0.2) is 0 Å². The number of ether oxygens (including phenoxy) is 1. The fourth-order valence-electron chi connectivity index (χ4n) is 2.04. The van der Waals surface area contributed by atoms with Crippen molar-refractivity contribution >= 4 is 17.2 Å². The second-order valence-corrected chi connectivity index (χ2v) is 5.71. The molecule has 4 nitrogen and oxygen atoms in total. The molecule has 0 fully saturated rings. The van der Waals surface area contributed by atoms with Gasteiger partial charge in [-0.2, -0.15) is 4.98 Å². The predicted octanol–water partition coefficient (Wildman–Crippen LogP) is 3.71. The van der Waals surface area contributed by atoms with Gasteiger partial charge in [-0.3, -0.25) is 0 Å². The van der Waals surface area contributed by atoms with Gasteiger partial charge in [-0.15, -0.1) is 0 Å². The minimum absolute atomic E-state index is 0.0389. The largest absolute Gasteiger partial charge is 0.481 e. The van der Waals surface area contributed by atoms with Gasteiger partial charge in [-0.1, -0.05) is 39.0 Å². The van der Waals surface area contributed by atoms with E-state index in [9.17, 15) is 0 Å². The van der Waals surface area contributed by atoms with Gasteiger partial charge in [0, 0.05) is 11.8 Å². The van der Waals surface area contributed by atoms with Crippen LogP contribution >= 0.6 is 0 Å². The fourth-order valence-corrected chi connectivity index (χ4v) is 2.04. The summed E-state index contributed by atoms with van der Waals surface area (Å²) in [5.74, 6) is 1.15. The van der Waals surface area contributed by atoms with E-state index in [2.05, 4.69) is 37.1 Å². The zero-order valence-corrected chi connectivity index (χ0v) is 12.4. The molecule has 0 unspecified atom stereocenters. The van der Waals surface area contributed by atoms with Crippen LogP contribution in [-0.2, 0) is 5.41 Å². The normalized spacial score (nSPS) is 11.2. The molecular weight excluding hydrogens is 250 g/mol. The zero-order valence-electron chi connectivity index (χ0n) is 12.4. The van der Waals surface area contributed by atoms with Crippen LogP contribution in [0.15, 0.2) is 36.4 Å². The highest BCUT2D eigenvalue weighted by Gasteiger charge is 2.18. The smallest absolute Gasteiger partial charge is 0.215 e. The lowest BCUT2D eigenvalue weighted by molar-refractivity contribution is 0.398. The van der Waals surface area contributed by atoms with Crippen LogP contribution in [0.2, 0.25) is 0 Å². The number of rotatable bonds is 3. The molecule has 0 aliphatic carbocycles. The molecule has 3 N–H and O–H groups in total. The molecule has 0 bridgehead atoms. The SMILES string of the molecule is COc1ccc(N)c(Nc2ccccc2C(C)(C)C)n1. The summed E-state index contributed by atoms with van der Waals surface area (Å²) >= 11 is 0. The molecule has 106 valence electrons. The number of pyridine rings is 1. The summed E-state index contributed by atoms with van der Waals surface area (Å²) in [6.45, 7) is 6.53. The molecule has 0 aliphatic rings. The summed E-state index contributed by atoms with van der Waals surface area (Å²) in [5.41, 5.74) is 8.82. The van der Waals surface area contributed by atoms with Gasteiger partial charge in [0.15, 0.2) is 5.82 Å². The first kappa shape index (κ1) is 14.2. The first-order valence-electron chi connectivity index (χ1n) is 6.59. The Morgan fingerprint density at radius 3 is 2.45 bits per heavy atom. The molecule has 1 aromatic carbocycles. The van der Waals surface area contributed by atoms with Crippen LogP contribution < -0.4 is 15.8 Å². The minimum atomic E-state index is 0.0389. The van der Waals surface area contributed by atoms with E-state index in [4.69, 9.17) is 10.5 Å². The molecule has 2 rings (SSSR count). The Balaban J connectivity index is 2.40. The summed E-state index contributed by atoms with van der Waals surface area (Å²) in [6, 6.07) is 11.7. The van der Waals surface area contributed by atoms with Crippen molar-refractivity contribution in [3.05, 3.63) is 42.0 Å². The van der Waals surface area contributed by atoms with Gasteiger partial charge >= 0.3 is 0 Å². The first-order chi connectivity index (χ1) is 9.41. The van der Waals surface area contributed by atoms with Crippen molar-refractivity contribution in [3.8, 4) is 5.88 Å². The quantitative estimate of drug-likeness (QED) is 0.893. The Bertz CT molecular complexity index is 603. The average molecular weight is 271 g/mol. The number of hydrogen-bond donors (Lipinski definition) is 2. The van der Waals surface area contributed by atoms with Crippen molar-refractivity contribution in [1.29, 1.82) is 0 Å². The van der Waals surface area contributed by atoms with E-state index in [-0.39, 0.29) is 5.41 Å². The molecule has 4 heteroatoms. The van der Waals surface area contributed by atoms with Crippen LogP contribution in [-0.4, -0.2) is 12.1 Å². The molecular formula is C16H21N3O.